The monoisotopic (exact) mass is 122 g/mol. The molecule has 6 heavy (non-hydrogen) atoms. The molecule has 0 atom stereocenters. The average molecular weight is 122 g/mol. The summed E-state index contributed by atoms with van der Waals surface area (Å²) in [6.45, 7) is 0.972. The van der Waals surface area contributed by atoms with E-state index in [1.54, 1.807) is 0 Å². The number of carboxylic acid groups (broad SMARTS) is 1. The molecule has 0 N–H and O–H groups in total. The largest absolute Gasteiger partial charge is 1.00 e. The minimum absolute atomic E-state index is 0. The van der Waals surface area contributed by atoms with Gasteiger partial charge in [-0.1, -0.05) is 0 Å². The summed E-state index contributed by atoms with van der Waals surface area (Å²) in [7, 11) is 0. The molecule has 0 aromatic heterocycles. The third kappa shape index (κ3) is 35.9. The molecule has 2 nitrogen and oxygen atoms in total. The van der Waals surface area contributed by atoms with Crippen molar-refractivity contribution in [2.24, 2.45) is 0 Å². The van der Waals surface area contributed by atoms with E-state index < -0.39 is 5.97 Å². The van der Waals surface area contributed by atoms with E-state index in [1.807, 2.05) is 0 Å². The molecule has 26 valence electrons. The van der Waals surface area contributed by atoms with Gasteiger partial charge < -0.3 is 11.3 Å². The fourth-order valence-electron chi connectivity index (χ4n) is 0. The molecule has 0 heterocycles. The first-order chi connectivity index (χ1) is 1.73. The van der Waals surface area contributed by atoms with E-state index in [0.29, 0.717) is 0 Å². The van der Waals surface area contributed by atoms with Gasteiger partial charge in [-0.25, -0.2) is 0 Å². The number of aliphatic carboxylic acids is 1. The van der Waals surface area contributed by atoms with Crippen LogP contribution in [0, 0.1) is 0 Å². The number of carboxylic acids is 1. The maximum Gasteiger partial charge on any atom is 1.00 e. The van der Waals surface area contributed by atoms with Crippen molar-refractivity contribution < 1.29 is 92.3 Å². The van der Waals surface area contributed by atoms with Gasteiger partial charge in [0.05, 0.1) is 0 Å². The summed E-state index contributed by atoms with van der Waals surface area (Å²) < 4.78 is 0. The predicted octanol–water partition coefficient (Wildman–Crippen LogP) is -7.12. The number of hydrogen-bond acceptors (Lipinski definition) is 2. The van der Waals surface area contributed by atoms with Crippen LogP contribution in [0.5, 0.6) is 0 Å². The molecule has 0 bridgehead atoms. The summed E-state index contributed by atoms with van der Waals surface area (Å²) in [4.78, 5) is 8.89. The first-order valence-corrected chi connectivity index (χ1v) is 0.908. The van der Waals surface area contributed by atoms with Crippen LogP contribution in [-0.4, -0.2) is 5.97 Å². The van der Waals surface area contributed by atoms with Crippen LogP contribution in [0.15, 0.2) is 0 Å². The Bertz CT molecular complexity index is 38.7. The zero-order valence-electron chi connectivity index (χ0n) is 5.32. The van der Waals surface area contributed by atoms with E-state index in [1.165, 1.54) is 0 Å². The van der Waals surface area contributed by atoms with Gasteiger partial charge in [0.15, 0.2) is 0 Å². The normalized spacial score (nSPS) is 4.17. The van der Waals surface area contributed by atoms with Crippen LogP contribution in [0.1, 0.15) is 8.35 Å². The van der Waals surface area contributed by atoms with Gasteiger partial charge in [-0.05, 0) is 6.92 Å². The molecule has 0 aromatic rings. The Labute approximate surface area is 103 Å². The second kappa shape index (κ2) is 10.2. The second-order valence-electron chi connectivity index (χ2n) is 0.492. The van der Waals surface area contributed by atoms with Crippen LogP contribution in [0.4, 0.5) is 0 Å². The molecule has 0 amide bonds. The minimum atomic E-state index is -1.08. The Hall–Kier alpha value is 2.11. The zero-order valence-corrected chi connectivity index (χ0v) is 9.44. The van der Waals surface area contributed by atoms with Crippen LogP contribution >= 0.6 is 0 Å². The molecule has 0 saturated carbocycles. The molecular weight excluding hydrogens is 118 g/mol. The Kier molecular flexibility index (Phi) is 26.6. The van der Waals surface area contributed by atoms with E-state index in [4.69, 9.17) is 9.90 Å². The van der Waals surface area contributed by atoms with E-state index in [2.05, 4.69) is 0 Å². The van der Waals surface area contributed by atoms with E-state index in [0.717, 1.165) is 6.92 Å². The predicted molar refractivity (Wildman–Crippen MR) is 11.8 cm³/mol. The van der Waals surface area contributed by atoms with E-state index >= 15 is 0 Å². The van der Waals surface area contributed by atoms with Gasteiger partial charge in [0.25, 0.3) is 0 Å². The summed E-state index contributed by atoms with van der Waals surface area (Å²) >= 11 is 0. The molecule has 0 radical (unpaired) electrons. The number of carbonyl (C=O) groups excluding carboxylic acids is 1. The van der Waals surface area contributed by atoms with Crippen LogP contribution < -0.4 is 86.0 Å². The van der Waals surface area contributed by atoms with E-state index in [9.17, 15) is 0 Å². The van der Waals surface area contributed by atoms with Gasteiger partial charge in [-0.15, -0.1) is 0 Å². The van der Waals surface area contributed by atoms with Gasteiger partial charge in [0.1, 0.15) is 0 Å². The van der Waals surface area contributed by atoms with Gasteiger partial charge in [-0.2, -0.15) is 0 Å². The average Bonchev–Trinajstić information content (AvgIpc) is 0.811. The summed E-state index contributed by atoms with van der Waals surface area (Å²) in [6.07, 6.45) is 0. The fraction of sp³-hybridized carbons (Fsp3) is 0.500. The molecule has 4 heteroatoms. The van der Waals surface area contributed by atoms with Crippen molar-refractivity contribution in [1.29, 1.82) is 0 Å². The van der Waals surface area contributed by atoms with Crippen LogP contribution in [0.3, 0.4) is 0 Å². The molecule has 0 aromatic carbocycles. The molecule has 0 rings (SSSR count). The SMILES string of the molecule is CC(=O)[O-].[H-].[K+].[Na+]. The van der Waals surface area contributed by atoms with Crippen molar-refractivity contribution in [3.8, 4) is 0 Å². The van der Waals surface area contributed by atoms with Gasteiger partial charge >= 0.3 is 80.9 Å². The van der Waals surface area contributed by atoms with Crippen molar-refractivity contribution in [1.82, 2.24) is 0 Å². The Morgan fingerprint density at radius 2 is 1.83 bits per heavy atom. The molecule has 0 saturated heterocycles. The number of rotatable bonds is 0. The third-order valence-corrected chi connectivity index (χ3v) is 0. The molecular formula is C2H4KNaO2. The van der Waals surface area contributed by atoms with Crippen LogP contribution in [0.25, 0.3) is 0 Å². The molecule has 0 aliphatic rings. The topological polar surface area (TPSA) is 40.1 Å². The molecule has 0 aliphatic carbocycles. The van der Waals surface area contributed by atoms with Crippen molar-refractivity contribution in [3.05, 3.63) is 0 Å². The number of carbonyl (C=O) groups is 1. The maximum atomic E-state index is 8.89. The van der Waals surface area contributed by atoms with E-state index in [-0.39, 0.29) is 82.4 Å². The number of hydrogen-bond donors (Lipinski definition) is 0. The first kappa shape index (κ1) is 15.7. The van der Waals surface area contributed by atoms with Crippen LogP contribution in [-0.2, 0) is 4.79 Å². The van der Waals surface area contributed by atoms with Crippen molar-refractivity contribution in [2.45, 2.75) is 6.92 Å². The Balaban J connectivity index is -0.0000000150. The van der Waals surface area contributed by atoms with Gasteiger partial charge in [0, 0.05) is 5.97 Å². The first-order valence-electron chi connectivity index (χ1n) is 0.908. The minimum Gasteiger partial charge on any atom is -1.00 e. The Morgan fingerprint density at radius 3 is 1.83 bits per heavy atom. The summed E-state index contributed by atoms with van der Waals surface area (Å²) in [6, 6.07) is 0. The Morgan fingerprint density at radius 1 is 1.83 bits per heavy atom. The third-order valence-electron chi connectivity index (χ3n) is 0. The summed E-state index contributed by atoms with van der Waals surface area (Å²) in [5.41, 5.74) is 0. The fourth-order valence-corrected chi connectivity index (χ4v) is 0. The van der Waals surface area contributed by atoms with Crippen molar-refractivity contribution in [2.75, 3.05) is 0 Å². The quantitative estimate of drug-likeness (QED) is 0.299. The zero-order chi connectivity index (χ0) is 3.58. The maximum absolute atomic E-state index is 8.89. The van der Waals surface area contributed by atoms with Gasteiger partial charge in [0.2, 0.25) is 0 Å². The standard InChI is InChI=1S/C2H4O2.K.Na.H/c1-2(3)4;;;/h1H3,(H,3,4);;;/q;2*+1;-1/p-1. The molecule has 0 spiro atoms. The van der Waals surface area contributed by atoms with Crippen molar-refractivity contribution in [3.63, 3.8) is 0 Å². The van der Waals surface area contributed by atoms with Gasteiger partial charge in [-0.3, -0.25) is 0 Å². The second-order valence-corrected chi connectivity index (χ2v) is 0.492. The molecule has 0 unspecified atom stereocenters. The smallest absolute Gasteiger partial charge is 1.00 e. The van der Waals surface area contributed by atoms with Crippen molar-refractivity contribution >= 4 is 5.97 Å². The molecule has 0 fully saturated rings. The van der Waals surface area contributed by atoms with Crippen LogP contribution in [0.2, 0.25) is 0 Å². The summed E-state index contributed by atoms with van der Waals surface area (Å²) in [5, 5.41) is 8.89. The summed E-state index contributed by atoms with van der Waals surface area (Å²) in [5.74, 6) is -1.08. The molecule has 0 aliphatic heterocycles.